The lowest BCUT2D eigenvalue weighted by Gasteiger charge is -2.44. The molecule has 2 saturated heterocycles. The number of likely N-dealkylation sites (tertiary alicyclic amines) is 2. The number of amides is 4. The Morgan fingerprint density at radius 1 is 0.838 bits per heavy atom. The number of hydrogen-bond donors (Lipinski definition) is 1. The van der Waals surface area contributed by atoms with E-state index >= 15 is 0 Å². The Labute approximate surface area is 214 Å². The van der Waals surface area contributed by atoms with Crippen LogP contribution in [0.2, 0.25) is 0 Å². The van der Waals surface area contributed by atoms with Crippen molar-refractivity contribution in [3.63, 3.8) is 0 Å². The van der Waals surface area contributed by atoms with Crippen molar-refractivity contribution in [2.24, 2.45) is 29.6 Å². The second-order valence-corrected chi connectivity index (χ2v) is 10.5. The summed E-state index contributed by atoms with van der Waals surface area (Å²) in [5, 5.41) is 11.1. The van der Waals surface area contributed by atoms with Gasteiger partial charge in [0.2, 0.25) is 23.6 Å². The Morgan fingerprint density at radius 3 is 2.22 bits per heavy atom. The first kappa shape index (κ1) is 23.5. The SMILES string of the molecule is CN1C(=O)[C@H]2[C@H](CC=C3[C@H]2C[C@H]2C(=O)N(C)C(=O)[C@H]2[C@H]3c2ccc(OCc3ccccc3)cc2O)C1=O. The molecule has 2 aromatic rings. The second kappa shape index (κ2) is 8.57. The molecule has 4 aliphatic rings. The van der Waals surface area contributed by atoms with E-state index in [2.05, 4.69) is 0 Å². The lowest BCUT2D eigenvalue weighted by molar-refractivity contribution is -0.140. The highest BCUT2D eigenvalue weighted by Gasteiger charge is 2.61. The largest absolute Gasteiger partial charge is 0.508 e. The third-order valence-corrected chi connectivity index (χ3v) is 8.67. The van der Waals surface area contributed by atoms with Crippen molar-refractivity contribution in [3.05, 3.63) is 71.3 Å². The minimum absolute atomic E-state index is 0.0290. The Balaban J connectivity index is 1.38. The predicted molar refractivity (Wildman–Crippen MR) is 132 cm³/mol. The van der Waals surface area contributed by atoms with Crippen LogP contribution in [0, 0.1) is 29.6 Å². The number of rotatable bonds is 4. The molecule has 6 rings (SSSR count). The van der Waals surface area contributed by atoms with Crippen LogP contribution < -0.4 is 4.74 Å². The first-order chi connectivity index (χ1) is 17.8. The van der Waals surface area contributed by atoms with Crippen molar-refractivity contribution >= 4 is 23.6 Å². The monoisotopic (exact) mass is 500 g/mol. The molecule has 6 atom stereocenters. The van der Waals surface area contributed by atoms with E-state index in [0.29, 0.717) is 30.8 Å². The highest BCUT2D eigenvalue weighted by atomic mass is 16.5. The number of phenolic OH excluding ortho intramolecular Hbond substituents is 1. The van der Waals surface area contributed by atoms with Crippen LogP contribution in [0.4, 0.5) is 0 Å². The fraction of sp³-hybridized carbons (Fsp3) is 0.379. The van der Waals surface area contributed by atoms with Gasteiger partial charge in [-0.05, 0) is 30.4 Å². The number of ether oxygens (including phenoxy) is 1. The maximum atomic E-state index is 13.3. The van der Waals surface area contributed by atoms with Crippen LogP contribution in [0.15, 0.2) is 60.2 Å². The molecule has 8 nitrogen and oxygen atoms in total. The number of phenols is 1. The van der Waals surface area contributed by atoms with Gasteiger partial charge in [-0.25, -0.2) is 0 Å². The second-order valence-electron chi connectivity index (χ2n) is 10.5. The number of imide groups is 2. The van der Waals surface area contributed by atoms with E-state index in [-0.39, 0.29) is 35.3 Å². The molecular formula is C29H28N2O6. The Hall–Kier alpha value is -3.94. The van der Waals surface area contributed by atoms with Gasteiger partial charge in [-0.3, -0.25) is 29.0 Å². The van der Waals surface area contributed by atoms with E-state index in [1.165, 1.54) is 30.0 Å². The summed E-state index contributed by atoms with van der Waals surface area (Å²) in [5.74, 6) is -3.71. The van der Waals surface area contributed by atoms with Crippen LogP contribution in [0.25, 0.3) is 0 Å². The van der Waals surface area contributed by atoms with Gasteiger partial charge < -0.3 is 9.84 Å². The molecule has 37 heavy (non-hydrogen) atoms. The first-order valence-corrected chi connectivity index (χ1v) is 12.6. The van der Waals surface area contributed by atoms with Crippen LogP contribution >= 0.6 is 0 Å². The Bertz CT molecular complexity index is 1350. The van der Waals surface area contributed by atoms with Crippen LogP contribution in [0.3, 0.4) is 0 Å². The van der Waals surface area contributed by atoms with Crippen molar-refractivity contribution in [2.75, 3.05) is 14.1 Å². The van der Waals surface area contributed by atoms with Crippen molar-refractivity contribution in [3.8, 4) is 11.5 Å². The standard InChI is InChI=1S/C29H28N2O6/c1-30-26(33)19-11-10-17-20(24(19)28(30)35)13-21-25(29(36)31(2)27(21)34)23(17)18-9-8-16(12-22(18)32)37-14-15-6-4-3-5-7-15/h3-10,12,19-21,23-25,32H,11,13-14H2,1-2H3/t19-,20+,21+,23+,24-,25+/m0/s1. The van der Waals surface area contributed by atoms with Crippen LogP contribution in [-0.4, -0.2) is 52.6 Å². The van der Waals surface area contributed by atoms with Crippen molar-refractivity contribution in [2.45, 2.75) is 25.4 Å². The average molecular weight is 501 g/mol. The quantitative estimate of drug-likeness (QED) is 0.512. The molecule has 1 N–H and O–H groups in total. The molecule has 3 fully saturated rings. The molecule has 0 unspecified atom stereocenters. The summed E-state index contributed by atoms with van der Waals surface area (Å²) in [5.41, 5.74) is 2.38. The zero-order valence-electron chi connectivity index (χ0n) is 20.7. The molecule has 190 valence electrons. The van der Waals surface area contributed by atoms with Crippen molar-refractivity contribution in [1.29, 1.82) is 0 Å². The molecule has 0 radical (unpaired) electrons. The lowest BCUT2D eigenvalue weighted by Crippen LogP contribution is -2.42. The zero-order chi connectivity index (χ0) is 26.0. The molecular weight excluding hydrogens is 472 g/mol. The maximum absolute atomic E-state index is 13.3. The van der Waals surface area contributed by atoms with E-state index < -0.39 is 29.6 Å². The van der Waals surface area contributed by atoms with Crippen molar-refractivity contribution < 1.29 is 29.0 Å². The smallest absolute Gasteiger partial charge is 0.233 e. The molecule has 4 amide bonds. The number of benzene rings is 2. The van der Waals surface area contributed by atoms with Gasteiger partial charge in [-0.15, -0.1) is 0 Å². The van der Waals surface area contributed by atoms with Crippen LogP contribution in [0.5, 0.6) is 11.5 Å². The number of hydrogen-bond acceptors (Lipinski definition) is 6. The summed E-state index contributed by atoms with van der Waals surface area (Å²) >= 11 is 0. The predicted octanol–water partition coefficient (Wildman–Crippen LogP) is 2.87. The van der Waals surface area contributed by atoms with Gasteiger partial charge in [0, 0.05) is 31.6 Å². The Kier molecular flexibility index (Phi) is 5.44. The number of carbonyl (C=O) groups excluding carboxylic acids is 4. The molecule has 0 aromatic heterocycles. The molecule has 8 heteroatoms. The van der Waals surface area contributed by atoms with Gasteiger partial charge in [0.15, 0.2) is 0 Å². The zero-order valence-corrected chi connectivity index (χ0v) is 20.7. The van der Waals surface area contributed by atoms with Gasteiger partial charge >= 0.3 is 0 Å². The molecule has 2 aromatic carbocycles. The number of allylic oxidation sites excluding steroid dienone is 2. The topological polar surface area (TPSA) is 104 Å². The minimum atomic E-state index is -0.663. The molecule has 1 saturated carbocycles. The molecule has 0 bridgehead atoms. The molecule has 2 aliphatic carbocycles. The third kappa shape index (κ3) is 3.49. The van der Waals surface area contributed by atoms with Gasteiger partial charge in [0.25, 0.3) is 0 Å². The summed E-state index contributed by atoms with van der Waals surface area (Å²) < 4.78 is 5.87. The first-order valence-electron chi connectivity index (χ1n) is 12.6. The number of fused-ring (bicyclic) bond motifs is 4. The fourth-order valence-corrected chi connectivity index (χ4v) is 6.87. The van der Waals surface area contributed by atoms with E-state index in [0.717, 1.165) is 11.1 Å². The van der Waals surface area contributed by atoms with Gasteiger partial charge in [-0.2, -0.15) is 0 Å². The minimum Gasteiger partial charge on any atom is -0.508 e. The van der Waals surface area contributed by atoms with E-state index in [1.807, 2.05) is 36.4 Å². The van der Waals surface area contributed by atoms with Crippen LogP contribution in [0.1, 0.15) is 29.9 Å². The van der Waals surface area contributed by atoms with E-state index in [1.54, 1.807) is 12.1 Å². The van der Waals surface area contributed by atoms with E-state index in [9.17, 15) is 24.3 Å². The third-order valence-electron chi connectivity index (χ3n) is 8.67. The number of carbonyl (C=O) groups is 4. The van der Waals surface area contributed by atoms with Gasteiger partial charge in [-0.1, -0.05) is 48.0 Å². The summed E-state index contributed by atoms with van der Waals surface area (Å²) in [6.45, 7) is 0.339. The number of nitrogens with zero attached hydrogens (tertiary/aromatic N) is 2. The van der Waals surface area contributed by atoms with Crippen molar-refractivity contribution in [1.82, 2.24) is 9.80 Å². The summed E-state index contributed by atoms with van der Waals surface area (Å²) in [7, 11) is 2.99. The summed E-state index contributed by atoms with van der Waals surface area (Å²) in [6, 6.07) is 14.7. The summed E-state index contributed by atoms with van der Waals surface area (Å²) in [4.78, 5) is 54.6. The Morgan fingerprint density at radius 2 is 1.51 bits per heavy atom. The van der Waals surface area contributed by atoms with Gasteiger partial charge in [0.1, 0.15) is 18.1 Å². The van der Waals surface area contributed by atoms with E-state index in [4.69, 9.17) is 4.74 Å². The maximum Gasteiger partial charge on any atom is 0.233 e. The van der Waals surface area contributed by atoms with Crippen LogP contribution in [-0.2, 0) is 25.8 Å². The number of aromatic hydroxyl groups is 1. The normalized spacial score (nSPS) is 30.7. The highest BCUT2D eigenvalue weighted by Crippen LogP contribution is 2.58. The fourth-order valence-electron chi connectivity index (χ4n) is 6.87. The summed E-state index contributed by atoms with van der Waals surface area (Å²) in [6.07, 6.45) is 2.71. The lowest BCUT2D eigenvalue weighted by atomic mass is 9.57. The average Bonchev–Trinajstić information content (AvgIpc) is 3.26. The van der Waals surface area contributed by atoms with Gasteiger partial charge in [0.05, 0.1) is 23.7 Å². The highest BCUT2D eigenvalue weighted by molar-refractivity contribution is 6.07. The molecule has 0 spiro atoms. The molecule has 2 aliphatic heterocycles. The molecule has 2 heterocycles.